The Kier molecular flexibility index (Phi) is 6.85. The number of carbonyl (C=O) groups excluding carboxylic acids is 1. The topological polar surface area (TPSA) is 47.0 Å². The lowest BCUT2D eigenvalue weighted by molar-refractivity contribution is -0.131. The van der Waals surface area contributed by atoms with Gasteiger partial charge in [-0.05, 0) is 57.5 Å². The van der Waals surface area contributed by atoms with Crippen molar-refractivity contribution in [3.05, 3.63) is 29.8 Å². The molecule has 2 rings (SSSR count). The van der Waals surface area contributed by atoms with Crippen LogP contribution in [0.25, 0.3) is 0 Å². The first-order valence-electron chi connectivity index (χ1n) is 9.20. The summed E-state index contributed by atoms with van der Waals surface area (Å²) >= 11 is 0. The van der Waals surface area contributed by atoms with Crippen LogP contribution in [0.2, 0.25) is 0 Å². The van der Waals surface area contributed by atoms with Gasteiger partial charge in [0.15, 0.2) is 0 Å². The van der Waals surface area contributed by atoms with Gasteiger partial charge >= 0.3 is 0 Å². The molecule has 0 unspecified atom stereocenters. The number of amides is 1. The molecule has 1 aromatic rings. The third-order valence-electron chi connectivity index (χ3n) is 4.96. The normalized spacial score (nSPS) is 21.3. The van der Waals surface area contributed by atoms with Gasteiger partial charge in [-0.3, -0.25) is 4.79 Å². The van der Waals surface area contributed by atoms with Crippen LogP contribution in [0.4, 0.5) is 5.69 Å². The van der Waals surface area contributed by atoms with Crippen LogP contribution in [-0.2, 0) is 11.2 Å². The predicted octanol–water partition coefficient (Wildman–Crippen LogP) is 1.99. The average molecular weight is 348 g/mol. The number of hydrogen-bond donors (Lipinski definition) is 1. The maximum atomic E-state index is 12.6. The highest BCUT2D eigenvalue weighted by Gasteiger charge is 2.31. The van der Waals surface area contributed by atoms with Crippen molar-refractivity contribution in [2.45, 2.75) is 37.7 Å². The zero-order chi connectivity index (χ0) is 18.4. The molecule has 1 saturated heterocycles. The Morgan fingerprint density at radius 2 is 1.80 bits per heavy atom. The van der Waals surface area contributed by atoms with Gasteiger partial charge in [0.25, 0.3) is 0 Å². The zero-order valence-electron chi connectivity index (χ0n) is 16.2. The molecule has 0 aromatic heterocycles. The smallest absolute Gasteiger partial charge is 0.222 e. The quantitative estimate of drug-likeness (QED) is 0.855. The first-order chi connectivity index (χ1) is 11.8. The lowest BCUT2D eigenvalue weighted by Gasteiger charge is -2.30. The largest absolute Gasteiger partial charge is 0.388 e. The van der Waals surface area contributed by atoms with E-state index >= 15 is 0 Å². The summed E-state index contributed by atoms with van der Waals surface area (Å²) in [6.07, 6.45) is 3.60. The van der Waals surface area contributed by atoms with Gasteiger partial charge < -0.3 is 19.8 Å². The Labute approximate surface area is 152 Å². The summed E-state index contributed by atoms with van der Waals surface area (Å²) in [5, 5.41) is 10.7. The Morgan fingerprint density at radius 1 is 1.12 bits per heavy atom. The van der Waals surface area contributed by atoms with Crippen LogP contribution in [0.5, 0.6) is 0 Å². The summed E-state index contributed by atoms with van der Waals surface area (Å²) < 4.78 is 0. The van der Waals surface area contributed by atoms with Crippen LogP contribution in [0.15, 0.2) is 24.3 Å². The number of aryl methyl sites for hydroxylation is 1. The highest BCUT2D eigenvalue weighted by atomic mass is 16.3. The van der Waals surface area contributed by atoms with Crippen LogP contribution < -0.4 is 4.90 Å². The number of aliphatic hydroxyl groups is 1. The van der Waals surface area contributed by atoms with Gasteiger partial charge in [-0.25, -0.2) is 0 Å². The molecule has 1 atom stereocenters. The molecule has 5 nitrogen and oxygen atoms in total. The van der Waals surface area contributed by atoms with E-state index in [-0.39, 0.29) is 5.91 Å². The molecule has 5 heteroatoms. The van der Waals surface area contributed by atoms with Gasteiger partial charge in [0.05, 0.1) is 5.60 Å². The summed E-state index contributed by atoms with van der Waals surface area (Å²) in [4.78, 5) is 18.6. The van der Waals surface area contributed by atoms with E-state index in [2.05, 4.69) is 29.2 Å². The molecule has 0 radical (unpaired) electrons. The van der Waals surface area contributed by atoms with Crippen LogP contribution in [0.1, 0.15) is 31.2 Å². The van der Waals surface area contributed by atoms with Gasteiger partial charge in [0.1, 0.15) is 0 Å². The number of likely N-dealkylation sites (tertiary alicyclic amines) is 1. The summed E-state index contributed by atoms with van der Waals surface area (Å²) in [6, 6.07) is 8.38. The van der Waals surface area contributed by atoms with Gasteiger partial charge in [-0.15, -0.1) is 0 Å². The predicted molar refractivity (Wildman–Crippen MR) is 103 cm³/mol. The number of hydrogen-bond acceptors (Lipinski definition) is 4. The number of likely N-dealkylation sites (N-methyl/N-ethyl adjacent to an activating group) is 1. The second kappa shape index (κ2) is 8.68. The number of benzene rings is 1. The van der Waals surface area contributed by atoms with Crippen molar-refractivity contribution in [1.29, 1.82) is 0 Å². The molecular formula is C20H33N3O2. The standard InChI is InChI=1S/C20H33N3O2/c1-21(2)16-20(25)12-5-14-23(15-13-20)19(24)11-8-17-6-9-18(10-7-17)22(3)4/h6-7,9-10,25H,5,8,11-16H2,1-4H3/t20-/m1/s1. The SMILES string of the molecule is CN(C)C[C@@]1(O)CCCN(C(=O)CCc2ccc(N(C)C)cc2)CC1. The van der Waals surface area contributed by atoms with Gasteiger partial charge in [0, 0.05) is 45.8 Å². The third kappa shape index (κ3) is 6.01. The van der Waals surface area contributed by atoms with Crippen molar-refractivity contribution in [2.75, 3.05) is 52.7 Å². The molecule has 0 bridgehead atoms. The molecule has 1 fully saturated rings. The average Bonchev–Trinajstić information content (AvgIpc) is 2.74. The number of anilines is 1. The molecule has 1 aliphatic heterocycles. The molecule has 1 N–H and O–H groups in total. The van der Waals surface area contributed by atoms with Crippen LogP contribution >= 0.6 is 0 Å². The van der Waals surface area contributed by atoms with E-state index in [1.165, 1.54) is 11.3 Å². The summed E-state index contributed by atoms with van der Waals surface area (Å²) in [6.45, 7) is 2.07. The number of rotatable bonds is 6. The minimum atomic E-state index is -0.666. The summed E-state index contributed by atoms with van der Waals surface area (Å²) in [5.74, 6) is 0.200. The first kappa shape index (κ1) is 19.7. The van der Waals surface area contributed by atoms with E-state index in [0.717, 1.165) is 25.8 Å². The summed E-state index contributed by atoms with van der Waals surface area (Å²) in [5.41, 5.74) is 1.70. The highest BCUT2D eigenvalue weighted by Crippen LogP contribution is 2.23. The molecular weight excluding hydrogens is 314 g/mol. The number of carbonyl (C=O) groups is 1. The van der Waals surface area contributed by atoms with Crippen molar-refractivity contribution < 1.29 is 9.90 Å². The van der Waals surface area contributed by atoms with Crippen molar-refractivity contribution in [1.82, 2.24) is 9.80 Å². The van der Waals surface area contributed by atoms with E-state index in [9.17, 15) is 9.90 Å². The van der Waals surface area contributed by atoms with Crippen molar-refractivity contribution in [3.63, 3.8) is 0 Å². The van der Waals surface area contributed by atoms with E-state index in [1.807, 2.05) is 38.0 Å². The molecule has 0 spiro atoms. The van der Waals surface area contributed by atoms with Crippen LogP contribution in [0, 0.1) is 0 Å². The second-order valence-electron chi connectivity index (χ2n) is 7.76. The third-order valence-corrected chi connectivity index (χ3v) is 4.96. The van der Waals surface area contributed by atoms with E-state index in [0.29, 0.717) is 25.9 Å². The maximum absolute atomic E-state index is 12.6. The summed E-state index contributed by atoms with van der Waals surface area (Å²) in [7, 11) is 8.01. The van der Waals surface area contributed by atoms with Crippen LogP contribution in [-0.4, -0.2) is 74.2 Å². The minimum absolute atomic E-state index is 0.200. The Hall–Kier alpha value is -1.59. The molecule has 1 aliphatic rings. The fraction of sp³-hybridized carbons (Fsp3) is 0.650. The van der Waals surface area contributed by atoms with Gasteiger partial charge in [-0.1, -0.05) is 12.1 Å². The minimum Gasteiger partial charge on any atom is -0.388 e. The monoisotopic (exact) mass is 347 g/mol. The highest BCUT2D eigenvalue weighted by molar-refractivity contribution is 5.76. The Bertz CT molecular complexity index is 557. The Balaban J connectivity index is 1.84. The van der Waals surface area contributed by atoms with E-state index in [4.69, 9.17) is 0 Å². The second-order valence-corrected chi connectivity index (χ2v) is 7.76. The van der Waals surface area contributed by atoms with E-state index in [1.54, 1.807) is 0 Å². The molecule has 25 heavy (non-hydrogen) atoms. The molecule has 140 valence electrons. The zero-order valence-corrected chi connectivity index (χ0v) is 16.2. The number of nitrogens with zero attached hydrogens (tertiary/aromatic N) is 3. The molecule has 1 amide bonds. The Morgan fingerprint density at radius 3 is 2.40 bits per heavy atom. The van der Waals surface area contributed by atoms with Crippen molar-refractivity contribution in [2.24, 2.45) is 0 Å². The lowest BCUT2D eigenvalue weighted by Crippen LogP contribution is -2.41. The fourth-order valence-corrected chi connectivity index (χ4v) is 3.55. The first-order valence-corrected chi connectivity index (χ1v) is 9.20. The fourth-order valence-electron chi connectivity index (χ4n) is 3.55. The van der Waals surface area contributed by atoms with E-state index < -0.39 is 5.60 Å². The van der Waals surface area contributed by atoms with Crippen LogP contribution in [0.3, 0.4) is 0 Å². The maximum Gasteiger partial charge on any atom is 0.222 e. The lowest BCUT2D eigenvalue weighted by atomic mass is 9.94. The van der Waals surface area contributed by atoms with Crippen molar-refractivity contribution >= 4 is 11.6 Å². The molecule has 1 aromatic carbocycles. The molecule has 1 heterocycles. The van der Waals surface area contributed by atoms with Gasteiger partial charge in [0.2, 0.25) is 5.91 Å². The molecule has 0 aliphatic carbocycles. The van der Waals surface area contributed by atoms with Gasteiger partial charge in [-0.2, -0.15) is 0 Å². The van der Waals surface area contributed by atoms with Crippen molar-refractivity contribution in [3.8, 4) is 0 Å². The molecule has 0 saturated carbocycles.